The van der Waals surface area contributed by atoms with Crippen molar-refractivity contribution >= 4 is 16.3 Å². The van der Waals surface area contributed by atoms with Crippen molar-refractivity contribution in [3.8, 4) is 0 Å². The summed E-state index contributed by atoms with van der Waals surface area (Å²) in [4.78, 5) is 1.36. The van der Waals surface area contributed by atoms with Crippen molar-refractivity contribution in [1.82, 2.24) is 0 Å². The maximum Gasteiger partial charge on any atom is 0.0861 e. The summed E-state index contributed by atoms with van der Waals surface area (Å²) in [5.74, 6) is 0. The van der Waals surface area contributed by atoms with Crippen molar-refractivity contribution in [1.29, 1.82) is 0 Å². The second-order valence-electron chi connectivity index (χ2n) is 4.47. The van der Waals surface area contributed by atoms with E-state index >= 15 is 0 Å². The maximum atomic E-state index is 5.72. The molecule has 0 bridgehead atoms. The lowest BCUT2D eigenvalue weighted by Gasteiger charge is -2.17. The standard InChI is InChI=1S/C10H17NS/c1-7-8(5-9(11)12-7)6-10(2,3)4/h5H,6,11H2,1-4H3. The van der Waals surface area contributed by atoms with Gasteiger partial charge in [0.05, 0.1) is 5.00 Å². The summed E-state index contributed by atoms with van der Waals surface area (Å²) >= 11 is 1.69. The van der Waals surface area contributed by atoms with Crippen LogP contribution in [0.2, 0.25) is 0 Å². The quantitative estimate of drug-likeness (QED) is 0.710. The molecular formula is C10H17NS. The minimum absolute atomic E-state index is 0.359. The first kappa shape index (κ1) is 9.59. The fraction of sp³-hybridized carbons (Fsp3) is 0.600. The molecule has 0 saturated carbocycles. The first-order valence-corrected chi connectivity index (χ1v) is 5.05. The van der Waals surface area contributed by atoms with Crippen molar-refractivity contribution in [3.05, 3.63) is 16.5 Å². The molecule has 0 saturated heterocycles. The summed E-state index contributed by atoms with van der Waals surface area (Å²) in [7, 11) is 0. The van der Waals surface area contributed by atoms with Crippen LogP contribution in [0.15, 0.2) is 6.07 Å². The van der Waals surface area contributed by atoms with Gasteiger partial charge in [-0.25, -0.2) is 0 Å². The second-order valence-corrected chi connectivity index (χ2v) is 5.76. The zero-order chi connectivity index (χ0) is 9.35. The Labute approximate surface area is 78.6 Å². The molecule has 2 N–H and O–H groups in total. The van der Waals surface area contributed by atoms with E-state index < -0.39 is 0 Å². The topological polar surface area (TPSA) is 26.0 Å². The highest BCUT2D eigenvalue weighted by Gasteiger charge is 2.14. The highest BCUT2D eigenvalue weighted by Crippen LogP contribution is 2.29. The fourth-order valence-electron chi connectivity index (χ4n) is 1.29. The summed E-state index contributed by atoms with van der Waals surface area (Å²) in [6.45, 7) is 8.89. The second kappa shape index (κ2) is 3.09. The van der Waals surface area contributed by atoms with Crippen molar-refractivity contribution in [2.24, 2.45) is 5.41 Å². The summed E-state index contributed by atoms with van der Waals surface area (Å²) in [6, 6.07) is 2.10. The molecule has 0 aliphatic rings. The molecule has 0 spiro atoms. The zero-order valence-electron chi connectivity index (χ0n) is 8.27. The van der Waals surface area contributed by atoms with Gasteiger partial charge < -0.3 is 5.73 Å². The zero-order valence-corrected chi connectivity index (χ0v) is 9.09. The number of nitrogens with two attached hydrogens (primary N) is 1. The Morgan fingerprint density at radius 3 is 2.33 bits per heavy atom. The number of hydrogen-bond acceptors (Lipinski definition) is 2. The molecule has 1 heterocycles. The molecule has 1 aromatic heterocycles. The van der Waals surface area contributed by atoms with E-state index in [0.29, 0.717) is 5.41 Å². The molecule has 0 fully saturated rings. The monoisotopic (exact) mass is 183 g/mol. The van der Waals surface area contributed by atoms with Crippen LogP contribution in [-0.4, -0.2) is 0 Å². The predicted octanol–water partition coefficient (Wildman–Crippen LogP) is 3.23. The minimum atomic E-state index is 0.359. The van der Waals surface area contributed by atoms with Crippen LogP contribution in [0.3, 0.4) is 0 Å². The van der Waals surface area contributed by atoms with Gasteiger partial charge in [0.15, 0.2) is 0 Å². The van der Waals surface area contributed by atoms with Gasteiger partial charge in [-0.15, -0.1) is 11.3 Å². The summed E-state index contributed by atoms with van der Waals surface area (Å²) in [5, 5.41) is 0.937. The van der Waals surface area contributed by atoms with Gasteiger partial charge in [-0.3, -0.25) is 0 Å². The third kappa shape index (κ3) is 2.52. The van der Waals surface area contributed by atoms with Gasteiger partial charge in [-0.2, -0.15) is 0 Å². The van der Waals surface area contributed by atoms with Gasteiger partial charge in [-0.05, 0) is 30.4 Å². The van der Waals surface area contributed by atoms with Crippen LogP contribution in [-0.2, 0) is 6.42 Å². The lowest BCUT2D eigenvalue weighted by atomic mass is 9.88. The van der Waals surface area contributed by atoms with Gasteiger partial charge in [0.25, 0.3) is 0 Å². The molecule has 0 atom stereocenters. The predicted molar refractivity (Wildman–Crippen MR) is 56.6 cm³/mol. The number of aryl methyl sites for hydroxylation is 1. The van der Waals surface area contributed by atoms with Crippen LogP contribution in [0.5, 0.6) is 0 Å². The molecule has 1 rings (SSSR count). The lowest BCUT2D eigenvalue weighted by molar-refractivity contribution is 0.411. The summed E-state index contributed by atoms with van der Waals surface area (Å²) in [5.41, 5.74) is 7.48. The van der Waals surface area contributed by atoms with E-state index in [-0.39, 0.29) is 0 Å². The summed E-state index contributed by atoms with van der Waals surface area (Å²) in [6.07, 6.45) is 1.12. The first-order chi connectivity index (χ1) is 5.38. The molecular weight excluding hydrogens is 166 g/mol. The average Bonchev–Trinajstić information content (AvgIpc) is 2.06. The van der Waals surface area contributed by atoms with E-state index in [2.05, 4.69) is 33.8 Å². The van der Waals surface area contributed by atoms with Gasteiger partial charge in [-0.1, -0.05) is 20.8 Å². The molecule has 0 radical (unpaired) electrons. The lowest BCUT2D eigenvalue weighted by Crippen LogP contribution is -2.08. The van der Waals surface area contributed by atoms with E-state index in [9.17, 15) is 0 Å². The number of anilines is 1. The number of nitrogen functional groups attached to an aromatic ring is 1. The van der Waals surface area contributed by atoms with Crippen LogP contribution in [0, 0.1) is 12.3 Å². The normalized spacial score (nSPS) is 12.0. The van der Waals surface area contributed by atoms with Crippen LogP contribution < -0.4 is 5.73 Å². The molecule has 1 nitrogen and oxygen atoms in total. The van der Waals surface area contributed by atoms with E-state index in [1.165, 1.54) is 10.4 Å². The average molecular weight is 183 g/mol. The smallest absolute Gasteiger partial charge is 0.0861 e. The molecule has 0 unspecified atom stereocenters. The van der Waals surface area contributed by atoms with Crippen LogP contribution in [0.25, 0.3) is 0 Å². The van der Waals surface area contributed by atoms with Crippen LogP contribution in [0.1, 0.15) is 31.2 Å². The molecule has 0 aromatic carbocycles. The molecule has 68 valence electrons. The molecule has 0 amide bonds. The Morgan fingerprint density at radius 2 is 2.00 bits per heavy atom. The van der Waals surface area contributed by atoms with Crippen LogP contribution >= 0.6 is 11.3 Å². The number of rotatable bonds is 1. The van der Waals surface area contributed by atoms with Crippen molar-refractivity contribution in [2.75, 3.05) is 5.73 Å². The third-order valence-electron chi connectivity index (χ3n) is 1.76. The minimum Gasteiger partial charge on any atom is -0.391 e. The SMILES string of the molecule is Cc1sc(N)cc1CC(C)(C)C. The van der Waals surface area contributed by atoms with E-state index in [4.69, 9.17) is 5.73 Å². The summed E-state index contributed by atoms with van der Waals surface area (Å²) < 4.78 is 0. The van der Waals surface area contributed by atoms with Gasteiger partial charge in [0, 0.05) is 4.88 Å². The van der Waals surface area contributed by atoms with E-state index in [0.717, 1.165) is 11.4 Å². The van der Waals surface area contributed by atoms with Crippen molar-refractivity contribution in [2.45, 2.75) is 34.1 Å². The Bertz CT molecular complexity index is 268. The van der Waals surface area contributed by atoms with Gasteiger partial charge >= 0.3 is 0 Å². The Balaban J connectivity index is 2.82. The Hall–Kier alpha value is -0.500. The number of hydrogen-bond donors (Lipinski definition) is 1. The highest BCUT2D eigenvalue weighted by molar-refractivity contribution is 7.16. The molecule has 1 aromatic rings. The molecule has 0 aliphatic heterocycles. The maximum absolute atomic E-state index is 5.72. The molecule has 0 aliphatic carbocycles. The largest absolute Gasteiger partial charge is 0.391 e. The highest BCUT2D eigenvalue weighted by atomic mass is 32.1. The van der Waals surface area contributed by atoms with E-state index in [1.807, 2.05) is 0 Å². The third-order valence-corrected chi connectivity index (χ3v) is 2.68. The van der Waals surface area contributed by atoms with Gasteiger partial charge in [0.1, 0.15) is 0 Å². The molecule has 2 heteroatoms. The Morgan fingerprint density at radius 1 is 1.42 bits per heavy atom. The number of thiophene rings is 1. The van der Waals surface area contributed by atoms with Crippen molar-refractivity contribution in [3.63, 3.8) is 0 Å². The first-order valence-electron chi connectivity index (χ1n) is 4.23. The van der Waals surface area contributed by atoms with Gasteiger partial charge in [0.2, 0.25) is 0 Å². The van der Waals surface area contributed by atoms with Crippen molar-refractivity contribution < 1.29 is 0 Å². The molecule has 12 heavy (non-hydrogen) atoms. The van der Waals surface area contributed by atoms with E-state index in [1.54, 1.807) is 11.3 Å². The van der Waals surface area contributed by atoms with Crippen LogP contribution in [0.4, 0.5) is 5.00 Å². The fourth-order valence-corrected chi connectivity index (χ4v) is 2.11. The Kier molecular flexibility index (Phi) is 2.47.